The molecule has 1 saturated heterocycles. The Labute approximate surface area is 95.6 Å². The lowest BCUT2D eigenvalue weighted by atomic mass is 10.1. The molecule has 1 aliphatic heterocycles. The van der Waals surface area contributed by atoms with Crippen LogP contribution in [0.25, 0.3) is 0 Å². The molecular weight excluding hydrogens is 210 g/mol. The van der Waals surface area contributed by atoms with Crippen LogP contribution in [0, 0.1) is 6.92 Å². The SMILES string of the molecule is Cc1c(Cl)cccc1NC1CCOC1C. The molecule has 2 nitrogen and oxygen atoms in total. The van der Waals surface area contributed by atoms with E-state index in [1.165, 1.54) is 0 Å². The smallest absolute Gasteiger partial charge is 0.0748 e. The number of anilines is 1. The lowest BCUT2D eigenvalue weighted by molar-refractivity contribution is 0.121. The van der Waals surface area contributed by atoms with Crippen LogP contribution >= 0.6 is 11.6 Å². The summed E-state index contributed by atoms with van der Waals surface area (Å²) < 4.78 is 5.51. The fraction of sp³-hybridized carbons (Fsp3) is 0.500. The Hall–Kier alpha value is -0.730. The molecule has 0 spiro atoms. The van der Waals surface area contributed by atoms with Crippen molar-refractivity contribution in [3.05, 3.63) is 28.8 Å². The predicted molar refractivity (Wildman–Crippen MR) is 63.6 cm³/mol. The van der Waals surface area contributed by atoms with Crippen LogP contribution in [0.4, 0.5) is 5.69 Å². The summed E-state index contributed by atoms with van der Waals surface area (Å²) in [6, 6.07) is 6.35. The third-order valence-corrected chi connectivity index (χ3v) is 3.39. The van der Waals surface area contributed by atoms with Crippen molar-refractivity contribution in [1.82, 2.24) is 0 Å². The molecule has 1 aromatic rings. The zero-order valence-electron chi connectivity index (χ0n) is 9.09. The lowest BCUT2D eigenvalue weighted by Crippen LogP contribution is -2.26. The Balaban J connectivity index is 2.13. The zero-order valence-corrected chi connectivity index (χ0v) is 9.84. The van der Waals surface area contributed by atoms with Gasteiger partial charge >= 0.3 is 0 Å². The van der Waals surface area contributed by atoms with Gasteiger partial charge in [-0.05, 0) is 38.0 Å². The Morgan fingerprint density at radius 1 is 1.47 bits per heavy atom. The molecule has 0 saturated carbocycles. The highest BCUT2D eigenvalue weighted by molar-refractivity contribution is 6.31. The van der Waals surface area contributed by atoms with Crippen molar-refractivity contribution in [3.8, 4) is 0 Å². The number of benzene rings is 1. The Kier molecular flexibility index (Phi) is 3.17. The van der Waals surface area contributed by atoms with E-state index in [4.69, 9.17) is 16.3 Å². The van der Waals surface area contributed by atoms with Gasteiger partial charge in [0.1, 0.15) is 0 Å². The maximum Gasteiger partial charge on any atom is 0.0748 e. The van der Waals surface area contributed by atoms with Gasteiger partial charge in [0.25, 0.3) is 0 Å². The van der Waals surface area contributed by atoms with Gasteiger partial charge in [-0.2, -0.15) is 0 Å². The van der Waals surface area contributed by atoms with Crippen molar-refractivity contribution in [2.24, 2.45) is 0 Å². The molecule has 3 heteroatoms. The Bertz CT molecular complexity index is 353. The molecule has 1 fully saturated rings. The van der Waals surface area contributed by atoms with E-state index in [0.717, 1.165) is 29.3 Å². The average Bonchev–Trinajstić information content (AvgIpc) is 2.60. The Morgan fingerprint density at radius 3 is 2.93 bits per heavy atom. The monoisotopic (exact) mass is 225 g/mol. The minimum atomic E-state index is 0.281. The number of ether oxygens (including phenoxy) is 1. The van der Waals surface area contributed by atoms with Crippen molar-refractivity contribution >= 4 is 17.3 Å². The van der Waals surface area contributed by atoms with Gasteiger partial charge in [0.2, 0.25) is 0 Å². The van der Waals surface area contributed by atoms with Crippen LogP contribution in [0.1, 0.15) is 18.9 Å². The minimum absolute atomic E-state index is 0.281. The van der Waals surface area contributed by atoms with E-state index in [2.05, 4.69) is 18.3 Å². The summed E-state index contributed by atoms with van der Waals surface area (Å²) in [4.78, 5) is 0. The molecule has 0 aliphatic carbocycles. The molecule has 2 rings (SSSR count). The molecule has 82 valence electrons. The Morgan fingerprint density at radius 2 is 2.27 bits per heavy atom. The van der Waals surface area contributed by atoms with Gasteiger partial charge in [0, 0.05) is 17.3 Å². The maximum atomic E-state index is 6.06. The average molecular weight is 226 g/mol. The highest BCUT2D eigenvalue weighted by Crippen LogP contribution is 2.26. The summed E-state index contributed by atoms with van der Waals surface area (Å²) in [6.45, 7) is 4.98. The van der Waals surface area contributed by atoms with Crippen LogP contribution in [-0.2, 0) is 4.74 Å². The first-order valence-corrected chi connectivity index (χ1v) is 5.69. The van der Waals surface area contributed by atoms with E-state index in [1.807, 2.05) is 19.1 Å². The third kappa shape index (κ3) is 2.27. The minimum Gasteiger partial charge on any atom is -0.379 e. The third-order valence-electron chi connectivity index (χ3n) is 2.98. The van der Waals surface area contributed by atoms with Gasteiger partial charge in [0.05, 0.1) is 12.1 Å². The summed E-state index contributed by atoms with van der Waals surface area (Å²) in [5.74, 6) is 0. The van der Waals surface area contributed by atoms with Gasteiger partial charge in [-0.25, -0.2) is 0 Å². The predicted octanol–water partition coefficient (Wildman–Crippen LogP) is 3.24. The van der Waals surface area contributed by atoms with Gasteiger partial charge in [0.15, 0.2) is 0 Å². The van der Waals surface area contributed by atoms with Gasteiger partial charge in [-0.3, -0.25) is 0 Å². The topological polar surface area (TPSA) is 21.3 Å². The molecule has 0 aromatic heterocycles. The molecule has 1 heterocycles. The first kappa shape index (κ1) is 10.8. The summed E-state index contributed by atoms with van der Waals surface area (Å²) >= 11 is 6.06. The molecule has 1 aromatic carbocycles. The first-order chi connectivity index (χ1) is 7.18. The van der Waals surface area contributed by atoms with Crippen LogP contribution < -0.4 is 5.32 Å². The molecular formula is C12H16ClNO. The van der Waals surface area contributed by atoms with E-state index >= 15 is 0 Å². The molecule has 1 aliphatic rings. The van der Waals surface area contributed by atoms with E-state index in [0.29, 0.717) is 6.04 Å². The highest BCUT2D eigenvalue weighted by Gasteiger charge is 2.24. The van der Waals surface area contributed by atoms with Crippen molar-refractivity contribution in [2.75, 3.05) is 11.9 Å². The molecule has 2 atom stereocenters. The lowest BCUT2D eigenvalue weighted by Gasteiger charge is -2.19. The fourth-order valence-electron chi connectivity index (χ4n) is 1.88. The maximum absolute atomic E-state index is 6.06. The molecule has 1 N–H and O–H groups in total. The van der Waals surface area contributed by atoms with Crippen molar-refractivity contribution in [1.29, 1.82) is 0 Å². The summed E-state index contributed by atoms with van der Waals surface area (Å²) in [5.41, 5.74) is 2.23. The zero-order chi connectivity index (χ0) is 10.8. The van der Waals surface area contributed by atoms with Crippen LogP contribution in [0.15, 0.2) is 18.2 Å². The number of halogens is 1. The second-order valence-electron chi connectivity index (χ2n) is 4.03. The van der Waals surface area contributed by atoms with Crippen LogP contribution in [-0.4, -0.2) is 18.8 Å². The van der Waals surface area contributed by atoms with Crippen molar-refractivity contribution < 1.29 is 4.74 Å². The van der Waals surface area contributed by atoms with Crippen LogP contribution in [0.2, 0.25) is 5.02 Å². The van der Waals surface area contributed by atoms with Crippen molar-refractivity contribution in [2.45, 2.75) is 32.4 Å². The fourth-order valence-corrected chi connectivity index (χ4v) is 2.06. The van der Waals surface area contributed by atoms with Crippen LogP contribution in [0.5, 0.6) is 0 Å². The standard InChI is InChI=1S/C12H16ClNO/c1-8-10(13)4-3-5-11(8)14-12-6-7-15-9(12)2/h3-5,9,12,14H,6-7H2,1-2H3. The van der Waals surface area contributed by atoms with Gasteiger partial charge < -0.3 is 10.1 Å². The summed E-state index contributed by atoms with van der Waals surface area (Å²) in [5, 5.41) is 4.30. The molecule has 2 unspecified atom stereocenters. The van der Waals surface area contributed by atoms with E-state index in [1.54, 1.807) is 0 Å². The second kappa shape index (κ2) is 4.42. The van der Waals surface area contributed by atoms with Gasteiger partial charge in [-0.15, -0.1) is 0 Å². The number of hydrogen-bond acceptors (Lipinski definition) is 2. The molecule has 0 bridgehead atoms. The second-order valence-corrected chi connectivity index (χ2v) is 4.44. The number of rotatable bonds is 2. The summed E-state index contributed by atoms with van der Waals surface area (Å²) in [7, 11) is 0. The number of nitrogens with one attached hydrogen (secondary N) is 1. The van der Waals surface area contributed by atoms with E-state index in [-0.39, 0.29) is 6.10 Å². The highest BCUT2D eigenvalue weighted by atomic mass is 35.5. The molecule has 15 heavy (non-hydrogen) atoms. The largest absolute Gasteiger partial charge is 0.379 e. The molecule has 0 amide bonds. The quantitative estimate of drug-likeness (QED) is 0.835. The number of hydrogen-bond donors (Lipinski definition) is 1. The molecule has 0 radical (unpaired) electrons. The van der Waals surface area contributed by atoms with Gasteiger partial charge in [-0.1, -0.05) is 17.7 Å². The summed E-state index contributed by atoms with van der Waals surface area (Å²) in [6.07, 6.45) is 1.34. The van der Waals surface area contributed by atoms with E-state index in [9.17, 15) is 0 Å². The first-order valence-electron chi connectivity index (χ1n) is 5.31. The normalized spacial score (nSPS) is 25.5. The van der Waals surface area contributed by atoms with Crippen molar-refractivity contribution in [3.63, 3.8) is 0 Å². The van der Waals surface area contributed by atoms with E-state index < -0.39 is 0 Å². The van der Waals surface area contributed by atoms with Crippen LogP contribution in [0.3, 0.4) is 0 Å².